The van der Waals surface area contributed by atoms with E-state index in [0.717, 1.165) is 12.1 Å². The Morgan fingerprint density at radius 1 is 1.25 bits per heavy atom. The predicted molar refractivity (Wildman–Crippen MR) is 68.4 cm³/mol. The normalized spacial score (nSPS) is 10.1. The smallest absolute Gasteiger partial charge is 0.338 e. The number of hydrogen-bond acceptors (Lipinski definition) is 4. The van der Waals surface area contributed by atoms with Crippen LogP contribution in [0.25, 0.3) is 0 Å². The van der Waals surface area contributed by atoms with Crippen LogP contribution in [0.3, 0.4) is 0 Å². The Hall–Kier alpha value is -2.54. The molecule has 1 amide bonds. The second-order valence-electron chi connectivity index (χ2n) is 3.68. The van der Waals surface area contributed by atoms with Crippen molar-refractivity contribution in [1.82, 2.24) is 9.97 Å². The number of carbonyl (C=O) groups excluding carboxylic acids is 1. The molecule has 0 aliphatic rings. The number of nitrogens with one attached hydrogen (secondary N) is 1. The van der Waals surface area contributed by atoms with Crippen LogP contribution in [0, 0.1) is 5.82 Å². The molecule has 0 unspecified atom stereocenters. The third-order valence-corrected chi connectivity index (χ3v) is 2.51. The lowest BCUT2D eigenvalue weighted by atomic mass is 10.2. The molecule has 1 aromatic heterocycles. The van der Waals surface area contributed by atoms with Gasteiger partial charge in [-0.1, -0.05) is 11.6 Å². The molecular weight excluding hydrogens is 289 g/mol. The van der Waals surface area contributed by atoms with E-state index in [0.29, 0.717) is 0 Å². The van der Waals surface area contributed by atoms with Gasteiger partial charge in [0.15, 0.2) is 0 Å². The molecule has 20 heavy (non-hydrogen) atoms. The molecule has 0 saturated heterocycles. The van der Waals surface area contributed by atoms with E-state index in [1.54, 1.807) is 0 Å². The van der Waals surface area contributed by atoms with E-state index in [9.17, 15) is 14.0 Å². The van der Waals surface area contributed by atoms with Gasteiger partial charge in [0.25, 0.3) is 5.91 Å². The maximum atomic E-state index is 13.4. The molecule has 1 heterocycles. The molecule has 0 fully saturated rings. The third-order valence-electron chi connectivity index (χ3n) is 2.31. The average Bonchev–Trinajstić information content (AvgIpc) is 2.39. The molecule has 102 valence electrons. The van der Waals surface area contributed by atoms with Crippen LogP contribution in [0.15, 0.2) is 30.6 Å². The van der Waals surface area contributed by atoms with Crippen molar-refractivity contribution in [3.8, 4) is 0 Å². The summed E-state index contributed by atoms with van der Waals surface area (Å²) in [5.41, 5.74) is -0.374. The number of carbonyl (C=O) groups is 2. The van der Waals surface area contributed by atoms with Gasteiger partial charge < -0.3 is 10.4 Å². The molecule has 0 saturated carbocycles. The first kappa shape index (κ1) is 13.9. The summed E-state index contributed by atoms with van der Waals surface area (Å²) in [4.78, 5) is 29.8. The minimum absolute atomic E-state index is 0.00267. The zero-order chi connectivity index (χ0) is 14.7. The SMILES string of the molecule is O=C(Nc1ccc(C(=O)O)c(F)c1)c1cnc(Cl)cn1. The predicted octanol–water partition coefficient (Wildman–Crippen LogP) is 2.22. The monoisotopic (exact) mass is 295 g/mol. The van der Waals surface area contributed by atoms with Crippen LogP contribution in [-0.2, 0) is 0 Å². The fourth-order valence-corrected chi connectivity index (χ4v) is 1.49. The summed E-state index contributed by atoms with van der Waals surface area (Å²) in [6, 6.07) is 3.24. The molecule has 6 nitrogen and oxygen atoms in total. The molecular formula is C12H7ClFN3O3. The Balaban J connectivity index is 2.18. The Morgan fingerprint density at radius 2 is 2.00 bits per heavy atom. The molecule has 0 bridgehead atoms. The van der Waals surface area contributed by atoms with E-state index in [-0.39, 0.29) is 16.5 Å². The average molecular weight is 296 g/mol. The molecule has 1 aromatic carbocycles. The van der Waals surface area contributed by atoms with Gasteiger partial charge in [-0.2, -0.15) is 0 Å². The zero-order valence-electron chi connectivity index (χ0n) is 9.80. The van der Waals surface area contributed by atoms with Gasteiger partial charge in [-0.25, -0.2) is 19.2 Å². The summed E-state index contributed by atoms with van der Waals surface area (Å²) in [7, 11) is 0. The Labute approximate surface area is 117 Å². The van der Waals surface area contributed by atoms with E-state index in [2.05, 4.69) is 15.3 Å². The number of halogens is 2. The number of anilines is 1. The molecule has 0 spiro atoms. The van der Waals surface area contributed by atoms with Gasteiger partial charge >= 0.3 is 5.97 Å². The fourth-order valence-electron chi connectivity index (χ4n) is 1.39. The van der Waals surface area contributed by atoms with Crippen molar-refractivity contribution in [2.75, 3.05) is 5.32 Å². The lowest BCUT2D eigenvalue weighted by molar-refractivity contribution is 0.0692. The number of amides is 1. The van der Waals surface area contributed by atoms with Crippen molar-refractivity contribution in [1.29, 1.82) is 0 Å². The van der Waals surface area contributed by atoms with Crippen molar-refractivity contribution in [2.45, 2.75) is 0 Å². The van der Waals surface area contributed by atoms with Gasteiger partial charge in [0.2, 0.25) is 0 Å². The number of aromatic nitrogens is 2. The van der Waals surface area contributed by atoms with E-state index in [1.807, 2.05) is 0 Å². The lowest BCUT2D eigenvalue weighted by Crippen LogP contribution is -2.14. The summed E-state index contributed by atoms with van der Waals surface area (Å²) in [6.07, 6.45) is 2.37. The standard InChI is InChI=1S/C12H7ClFN3O3/c13-10-5-15-9(4-16-10)11(18)17-6-1-2-7(12(19)20)8(14)3-6/h1-5H,(H,17,18)(H,19,20). The van der Waals surface area contributed by atoms with E-state index in [1.165, 1.54) is 18.5 Å². The number of hydrogen-bond donors (Lipinski definition) is 2. The third kappa shape index (κ3) is 3.07. The van der Waals surface area contributed by atoms with Gasteiger partial charge in [-0.05, 0) is 18.2 Å². The summed E-state index contributed by atoms with van der Waals surface area (Å²) in [5, 5.41) is 11.2. The summed E-state index contributed by atoms with van der Waals surface area (Å²) in [5.74, 6) is -2.95. The molecule has 0 aliphatic carbocycles. The van der Waals surface area contributed by atoms with Crippen LogP contribution in [0.2, 0.25) is 5.15 Å². The summed E-state index contributed by atoms with van der Waals surface area (Å²) >= 11 is 5.53. The minimum atomic E-state index is -1.39. The minimum Gasteiger partial charge on any atom is -0.478 e. The van der Waals surface area contributed by atoms with Crippen molar-refractivity contribution in [2.24, 2.45) is 0 Å². The number of carboxylic acid groups (broad SMARTS) is 1. The van der Waals surface area contributed by atoms with Crippen molar-refractivity contribution < 1.29 is 19.1 Å². The van der Waals surface area contributed by atoms with Crippen molar-refractivity contribution >= 4 is 29.2 Å². The van der Waals surface area contributed by atoms with Crippen LogP contribution in [0.4, 0.5) is 10.1 Å². The molecule has 8 heteroatoms. The summed E-state index contributed by atoms with van der Waals surface area (Å²) < 4.78 is 13.4. The first-order valence-corrected chi connectivity index (χ1v) is 5.67. The quantitative estimate of drug-likeness (QED) is 0.906. The molecule has 0 aliphatic heterocycles. The lowest BCUT2D eigenvalue weighted by Gasteiger charge is -2.05. The van der Waals surface area contributed by atoms with Crippen LogP contribution in [0.5, 0.6) is 0 Å². The molecule has 0 radical (unpaired) electrons. The van der Waals surface area contributed by atoms with Crippen LogP contribution < -0.4 is 5.32 Å². The van der Waals surface area contributed by atoms with Crippen molar-refractivity contribution in [3.63, 3.8) is 0 Å². The molecule has 2 N–H and O–H groups in total. The maximum absolute atomic E-state index is 13.4. The van der Waals surface area contributed by atoms with Crippen molar-refractivity contribution in [3.05, 3.63) is 52.8 Å². The van der Waals surface area contributed by atoms with Crippen LogP contribution in [0.1, 0.15) is 20.8 Å². The first-order chi connectivity index (χ1) is 9.47. The second-order valence-corrected chi connectivity index (χ2v) is 4.07. The highest BCUT2D eigenvalue weighted by Crippen LogP contribution is 2.15. The highest BCUT2D eigenvalue weighted by atomic mass is 35.5. The zero-order valence-corrected chi connectivity index (χ0v) is 10.6. The maximum Gasteiger partial charge on any atom is 0.338 e. The van der Waals surface area contributed by atoms with Gasteiger partial charge in [-0.15, -0.1) is 0 Å². The Bertz CT molecular complexity index is 676. The number of benzene rings is 1. The van der Waals surface area contributed by atoms with E-state index < -0.39 is 23.3 Å². The highest BCUT2D eigenvalue weighted by molar-refractivity contribution is 6.29. The van der Waals surface area contributed by atoms with E-state index in [4.69, 9.17) is 16.7 Å². The van der Waals surface area contributed by atoms with Crippen LogP contribution >= 0.6 is 11.6 Å². The van der Waals surface area contributed by atoms with Crippen LogP contribution in [-0.4, -0.2) is 27.0 Å². The molecule has 0 atom stereocenters. The topological polar surface area (TPSA) is 92.2 Å². The number of rotatable bonds is 3. The van der Waals surface area contributed by atoms with Gasteiger partial charge in [0, 0.05) is 5.69 Å². The highest BCUT2D eigenvalue weighted by Gasteiger charge is 2.13. The van der Waals surface area contributed by atoms with E-state index >= 15 is 0 Å². The number of carboxylic acids is 1. The molecule has 2 aromatic rings. The summed E-state index contributed by atoms with van der Waals surface area (Å²) in [6.45, 7) is 0. The largest absolute Gasteiger partial charge is 0.478 e. The fraction of sp³-hybridized carbons (Fsp3) is 0. The molecule has 2 rings (SSSR count). The Kier molecular flexibility index (Phi) is 3.90. The number of aromatic carboxylic acids is 1. The van der Waals surface area contributed by atoms with Gasteiger partial charge in [-0.3, -0.25) is 4.79 Å². The number of nitrogens with zero attached hydrogens (tertiary/aromatic N) is 2. The first-order valence-electron chi connectivity index (χ1n) is 5.29. The van der Waals surface area contributed by atoms with Gasteiger partial charge in [0.05, 0.1) is 18.0 Å². The van der Waals surface area contributed by atoms with Gasteiger partial charge in [0.1, 0.15) is 16.7 Å². The Morgan fingerprint density at radius 3 is 2.55 bits per heavy atom. The second kappa shape index (κ2) is 5.62.